The minimum absolute atomic E-state index is 0.152. The molecule has 0 saturated heterocycles. The average molecular weight is 285 g/mol. The van der Waals surface area contributed by atoms with Crippen LogP contribution in [-0.4, -0.2) is 23.5 Å². The quantitative estimate of drug-likeness (QED) is 0.907. The van der Waals surface area contributed by atoms with Gasteiger partial charge in [-0.3, -0.25) is 9.59 Å². The maximum Gasteiger partial charge on any atom is 0.308 e. The van der Waals surface area contributed by atoms with Crippen molar-refractivity contribution in [1.82, 2.24) is 0 Å². The lowest BCUT2D eigenvalue weighted by Crippen LogP contribution is -2.43. The molecule has 1 aliphatic heterocycles. The molecule has 4 rings (SSSR count). The van der Waals surface area contributed by atoms with Crippen molar-refractivity contribution in [3.8, 4) is 0 Å². The van der Waals surface area contributed by atoms with E-state index >= 15 is 0 Å². The van der Waals surface area contributed by atoms with E-state index in [2.05, 4.69) is 0 Å². The molecule has 4 heteroatoms. The zero-order chi connectivity index (χ0) is 14.6. The summed E-state index contributed by atoms with van der Waals surface area (Å²) >= 11 is 0. The molecule has 0 radical (unpaired) electrons. The summed E-state index contributed by atoms with van der Waals surface area (Å²) in [4.78, 5) is 26.0. The van der Waals surface area contributed by atoms with E-state index in [0.29, 0.717) is 24.8 Å². The Balaban J connectivity index is 1.64. The summed E-state index contributed by atoms with van der Waals surface area (Å²) in [6.07, 6.45) is 4.10. The number of carbonyl (C=O) groups is 2. The largest absolute Gasteiger partial charge is 0.481 e. The van der Waals surface area contributed by atoms with Gasteiger partial charge in [0.1, 0.15) is 0 Å². The highest BCUT2D eigenvalue weighted by Crippen LogP contribution is 2.58. The Morgan fingerprint density at radius 1 is 1.14 bits per heavy atom. The van der Waals surface area contributed by atoms with Crippen molar-refractivity contribution in [2.45, 2.75) is 25.7 Å². The van der Waals surface area contributed by atoms with Crippen LogP contribution in [0.25, 0.3) is 0 Å². The van der Waals surface area contributed by atoms with Gasteiger partial charge in [-0.1, -0.05) is 24.6 Å². The van der Waals surface area contributed by atoms with Crippen molar-refractivity contribution in [1.29, 1.82) is 0 Å². The summed E-state index contributed by atoms with van der Waals surface area (Å²) in [6.45, 7) is 0.321. The molecule has 1 amide bonds. The molecule has 0 spiro atoms. The summed E-state index contributed by atoms with van der Waals surface area (Å²) in [6, 6.07) is 7.73. The molecule has 3 aliphatic rings. The second-order valence-electron chi connectivity index (χ2n) is 6.60. The standard InChI is InChI=1S/C17H19NO3/c19-16(15-12-5-3-6-13(12)15)18-9-11(17(20)21)8-10-4-1-2-7-14(10)18/h1-2,4,7,11-13,15H,3,5-6,8-9H2,(H,20,21). The van der Waals surface area contributed by atoms with Gasteiger partial charge in [-0.15, -0.1) is 0 Å². The molecule has 21 heavy (non-hydrogen) atoms. The number of carboxylic acids is 1. The Hall–Kier alpha value is -1.84. The normalized spacial score (nSPS) is 33.2. The molecule has 110 valence electrons. The average Bonchev–Trinajstić information content (AvgIpc) is 2.97. The zero-order valence-electron chi connectivity index (χ0n) is 11.9. The molecule has 2 saturated carbocycles. The van der Waals surface area contributed by atoms with Crippen molar-refractivity contribution < 1.29 is 14.7 Å². The van der Waals surface area contributed by atoms with Crippen LogP contribution >= 0.6 is 0 Å². The Kier molecular flexibility index (Phi) is 2.81. The number of anilines is 1. The van der Waals surface area contributed by atoms with Crippen LogP contribution in [0.5, 0.6) is 0 Å². The van der Waals surface area contributed by atoms with Gasteiger partial charge in [0.2, 0.25) is 5.91 Å². The number of carboxylic acid groups (broad SMARTS) is 1. The van der Waals surface area contributed by atoms with Crippen molar-refractivity contribution >= 4 is 17.6 Å². The van der Waals surface area contributed by atoms with Crippen molar-refractivity contribution in [2.24, 2.45) is 23.7 Å². The third kappa shape index (κ3) is 1.96. The van der Waals surface area contributed by atoms with Crippen LogP contribution in [0.2, 0.25) is 0 Å². The van der Waals surface area contributed by atoms with E-state index in [1.54, 1.807) is 4.90 Å². The molecular weight excluding hydrogens is 266 g/mol. The third-order valence-corrected chi connectivity index (χ3v) is 5.46. The number of rotatable bonds is 2. The summed E-state index contributed by atoms with van der Waals surface area (Å²) in [5, 5.41) is 9.34. The molecule has 0 bridgehead atoms. The highest BCUT2D eigenvalue weighted by molar-refractivity contribution is 5.99. The SMILES string of the molecule is O=C(O)C1Cc2ccccc2N(C(=O)C2C3CCCC32)C1. The van der Waals surface area contributed by atoms with Gasteiger partial charge in [0.25, 0.3) is 0 Å². The Bertz CT molecular complexity index is 602. The molecule has 1 N–H and O–H groups in total. The van der Waals surface area contributed by atoms with E-state index in [1.807, 2.05) is 24.3 Å². The van der Waals surface area contributed by atoms with Gasteiger partial charge in [0, 0.05) is 18.2 Å². The Labute approximate surface area is 123 Å². The predicted octanol–water partition coefficient (Wildman–Crippen LogP) is 2.32. The summed E-state index contributed by atoms with van der Waals surface area (Å²) in [5.41, 5.74) is 1.90. The smallest absolute Gasteiger partial charge is 0.308 e. The number of hydrogen-bond donors (Lipinski definition) is 1. The minimum Gasteiger partial charge on any atom is -0.481 e. The Morgan fingerprint density at radius 3 is 2.57 bits per heavy atom. The number of fused-ring (bicyclic) bond motifs is 2. The van der Waals surface area contributed by atoms with E-state index in [0.717, 1.165) is 11.3 Å². The lowest BCUT2D eigenvalue weighted by atomic mass is 9.92. The third-order valence-electron chi connectivity index (χ3n) is 5.46. The maximum absolute atomic E-state index is 12.8. The van der Waals surface area contributed by atoms with Crippen molar-refractivity contribution in [3.05, 3.63) is 29.8 Å². The zero-order valence-corrected chi connectivity index (χ0v) is 11.9. The topological polar surface area (TPSA) is 57.6 Å². The number of hydrogen-bond acceptors (Lipinski definition) is 2. The molecule has 1 aromatic rings. The van der Waals surface area contributed by atoms with Crippen LogP contribution < -0.4 is 4.90 Å². The fraction of sp³-hybridized carbons (Fsp3) is 0.529. The molecule has 3 atom stereocenters. The van der Waals surface area contributed by atoms with Gasteiger partial charge in [-0.25, -0.2) is 0 Å². The minimum atomic E-state index is -0.807. The first-order valence-electron chi connectivity index (χ1n) is 7.79. The van der Waals surface area contributed by atoms with E-state index in [9.17, 15) is 14.7 Å². The summed E-state index contributed by atoms with van der Waals surface area (Å²) in [5.74, 6) is 0.146. The van der Waals surface area contributed by atoms with E-state index in [4.69, 9.17) is 0 Å². The van der Waals surface area contributed by atoms with Crippen LogP contribution in [-0.2, 0) is 16.0 Å². The van der Waals surface area contributed by atoms with Crippen molar-refractivity contribution in [3.63, 3.8) is 0 Å². The number of nitrogens with zero attached hydrogens (tertiary/aromatic N) is 1. The number of benzene rings is 1. The predicted molar refractivity (Wildman–Crippen MR) is 77.9 cm³/mol. The fourth-order valence-electron chi connectivity index (χ4n) is 4.34. The van der Waals surface area contributed by atoms with Crippen LogP contribution in [0.3, 0.4) is 0 Å². The second kappa shape index (κ2) is 4.58. The van der Waals surface area contributed by atoms with Crippen LogP contribution in [0.4, 0.5) is 5.69 Å². The van der Waals surface area contributed by atoms with Crippen molar-refractivity contribution in [2.75, 3.05) is 11.4 Å². The second-order valence-corrected chi connectivity index (χ2v) is 6.60. The molecule has 1 aromatic carbocycles. The van der Waals surface area contributed by atoms with Crippen LogP contribution in [0, 0.1) is 23.7 Å². The molecule has 2 aliphatic carbocycles. The molecule has 4 nitrogen and oxygen atoms in total. The molecule has 0 aromatic heterocycles. The molecule has 2 fully saturated rings. The monoisotopic (exact) mass is 285 g/mol. The van der Waals surface area contributed by atoms with Gasteiger partial charge in [0.05, 0.1) is 5.92 Å². The number of para-hydroxylation sites is 1. The lowest BCUT2D eigenvalue weighted by molar-refractivity contribution is -0.141. The number of amides is 1. The lowest BCUT2D eigenvalue weighted by Gasteiger charge is -2.33. The van der Waals surface area contributed by atoms with E-state index < -0.39 is 11.9 Å². The van der Waals surface area contributed by atoms with Crippen LogP contribution in [0.1, 0.15) is 24.8 Å². The maximum atomic E-state index is 12.8. The van der Waals surface area contributed by atoms with E-state index in [-0.39, 0.29) is 11.8 Å². The summed E-state index contributed by atoms with van der Waals surface area (Å²) in [7, 11) is 0. The first-order chi connectivity index (χ1) is 10.2. The number of aliphatic carboxylic acids is 1. The highest BCUT2D eigenvalue weighted by atomic mass is 16.4. The van der Waals surface area contributed by atoms with Gasteiger partial charge in [-0.05, 0) is 42.7 Å². The summed E-state index contributed by atoms with van der Waals surface area (Å²) < 4.78 is 0. The first kappa shape index (κ1) is 12.9. The van der Waals surface area contributed by atoms with Gasteiger partial charge < -0.3 is 10.0 Å². The molecule has 1 heterocycles. The van der Waals surface area contributed by atoms with Gasteiger partial charge >= 0.3 is 5.97 Å². The molecule has 3 unspecified atom stereocenters. The van der Waals surface area contributed by atoms with E-state index in [1.165, 1.54) is 19.3 Å². The van der Waals surface area contributed by atoms with Gasteiger partial charge in [-0.2, -0.15) is 0 Å². The highest BCUT2D eigenvalue weighted by Gasteiger charge is 2.58. The van der Waals surface area contributed by atoms with Crippen LogP contribution in [0.15, 0.2) is 24.3 Å². The number of carbonyl (C=O) groups excluding carboxylic acids is 1. The van der Waals surface area contributed by atoms with Gasteiger partial charge in [0.15, 0.2) is 0 Å². The molecular formula is C17H19NO3. The fourth-order valence-corrected chi connectivity index (χ4v) is 4.34. The Morgan fingerprint density at radius 2 is 1.86 bits per heavy atom. The first-order valence-corrected chi connectivity index (χ1v) is 7.79.